The van der Waals surface area contributed by atoms with Crippen molar-refractivity contribution in [2.75, 3.05) is 7.11 Å². The van der Waals surface area contributed by atoms with Crippen LogP contribution in [0.4, 0.5) is 0 Å². The van der Waals surface area contributed by atoms with E-state index in [0.29, 0.717) is 25.7 Å². The van der Waals surface area contributed by atoms with E-state index in [1.54, 1.807) is 0 Å². The number of carbonyl (C=O) groups is 4. The molecule has 3 aliphatic rings. The van der Waals surface area contributed by atoms with Crippen molar-refractivity contribution in [3.05, 3.63) is 57.1 Å². The Balaban J connectivity index is 1.37. The summed E-state index contributed by atoms with van der Waals surface area (Å²) in [4.78, 5) is 79.1. The Morgan fingerprint density at radius 2 is 1.65 bits per heavy atom. The van der Waals surface area contributed by atoms with Crippen molar-refractivity contribution in [2.24, 2.45) is 5.73 Å². The molecule has 60 heavy (non-hydrogen) atoms. The number of rotatable bonds is 24. The molecule has 3 amide bonds. The fourth-order valence-corrected chi connectivity index (χ4v) is 7.58. The lowest BCUT2D eigenvalue weighted by molar-refractivity contribution is -0.241. The summed E-state index contributed by atoms with van der Waals surface area (Å²) in [5, 5.41) is 26.9. The van der Waals surface area contributed by atoms with Crippen LogP contribution in [0.25, 0.3) is 0 Å². The number of aliphatic hydroxyl groups is 2. The molecule has 10 atom stereocenters. The number of H-pyrrole nitrogens is 1. The van der Waals surface area contributed by atoms with Gasteiger partial charge < -0.3 is 50.3 Å². The number of amides is 3. The molecule has 18 heteroatoms. The molecule has 10 unspecified atom stereocenters. The van der Waals surface area contributed by atoms with Crippen LogP contribution in [0.15, 0.2) is 45.8 Å². The van der Waals surface area contributed by atoms with E-state index in [9.17, 15) is 39.0 Å². The zero-order valence-electron chi connectivity index (χ0n) is 35.1. The molecule has 1 aromatic heterocycles. The van der Waals surface area contributed by atoms with E-state index < -0.39 is 95.9 Å². The highest BCUT2D eigenvalue weighted by atomic mass is 16.7. The number of nitrogens with one attached hydrogen (secondary N) is 3. The molecule has 0 aliphatic carbocycles. The second kappa shape index (κ2) is 24.8. The first-order valence-corrected chi connectivity index (χ1v) is 21.5. The lowest BCUT2D eigenvalue weighted by Crippen LogP contribution is -2.54. The molecule has 0 bridgehead atoms. The standard InChI is InChI=1S/C42H65N5O13/c1-4-5-6-7-8-9-10-11-12-13-14-15-16-17-18-22-31(50)58-36-33(56-3)34(59-40(36)47-24-23-30(49)46-42(47)55)35(37(43)52)60-41-32(51)28(48)25-29(57-41)39(54)45-27-21-19-20-26(2)44-38(27)53/h11-12,23-28,32-36,40-41,48,51H,4-10,13-22H2,1-3H3,(H2,43,52)(H,44,53)(H,45,54)(H,46,49,55)/b12-11+. The number of ether oxygens (including phenoxy) is 5. The van der Waals surface area contributed by atoms with Gasteiger partial charge in [-0.1, -0.05) is 70.4 Å². The Kier molecular flexibility index (Phi) is 20.0. The molecule has 7 N–H and O–H groups in total. The van der Waals surface area contributed by atoms with Crippen LogP contribution < -0.4 is 27.6 Å². The number of nitrogens with zero attached hydrogens (tertiary/aromatic N) is 1. The van der Waals surface area contributed by atoms with Gasteiger partial charge in [-0.05, 0) is 64.4 Å². The molecule has 4 heterocycles. The Morgan fingerprint density at radius 1 is 0.983 bits per heavy atom. The van der Waals surface area contributed by atoms with Gasteiger partial charge in [-0.2, -0.15) is 0 Å². The van der Waals surface area contributed by atoms with Crippen LogP contribution in [0, 0.1) is 0 Å². The average Bonchev–Trinajstić information content (AvgIpc) is 3.46. The van der Waals surface area contributed by atoms with Crippen molar-refractivity contribution >= 4 is 23.7 Å². The van der Waals surface area contributed by atoms with E-state index in [2.05, 4.69) is 34.7 Å². The van der Waals surface area contributed by atoms with Crippen molar-refractivity contribution in [3.63, 3.8) is 0 Å². The summed E-state index contributed by atoms with van der Waals surface area (Å²) in [6, 6.07) is 0.0759. The Labute approximate surface area is 350 Å². The molecule has 336 valence electrons. The van der Waals surface area contributed by atoms with Crippen molar-refractivity contribution in [1.29, 1.82) is 0 Å². The summed E-state index contributed by atoms with van der Waals surface area (Å²) in [5.41, 5.74) is 4.16. The highest BCUT2D eigenvalue weighted by Crippen LogP contribution is 2.36. The highest BCUT2D eigenvalue weighted by molar-refractivity contribution is 5.95. The predicted molar refractivity (Wildman–Crippen MR) is 218 cm³/mol. The summed E-state index contributed by atoms with van der Waals surface area (Å²) in [7, 11) is 1.24. The molecule has 0 radical (unpaired) electrons. The van der Waals surface area contributed by atoms with Crippen LogP contribution in [0.5, 0.6) is 0 Å². The van der Waals surface area contributed by atoms with Gasteiger partial charge in [0.25, 0.3) is 11.5 Å². The summed E-state index contributed by atoms with van der Waals surface area (Å²) in [6.07, 6.45) is 9.49. The molecule has 0 aromatic carbocycles. The van der Waals surface area contributed by atoms with Gasteiger partial charge in [0.1, 0.15) is 30.5 Å². The van der Waals surface area contributed by atoms with Crippen molar-refractivity contribution in [2.45, 2.75) is 184 Å². The van der Waals surface area contributed by atoms with Crippen LogP contribution >= 0.6 is 0 Å². The zero-order valence-corrected chi connectivity index (χ0v) is 35.1. The van der Waals surface area contributed by atoms with E-state index in [4.69, 9.17) is 29.4 Å². The number of aromatic nitrogens is 2. The number of hydrogen-bond acceptors (Lipinski definition) is 13. The fraction of sp³-hybridized carbons (Fsp3) is 0.714. The number of primary amides is 1. The Hall–Kier alpha value is -4.36. The molecule has 18 nitrogen and oxygen atoms in total. The number of nitrogens with two attached hydrogens (primary N) is 1. The molecule has 0 spiro atoms. The highest BCUT2D eigenvalue weighted by Gasteiger charge is 2.54. The largest absolute Gasteiger partial charge is 0.456 e. The number of hydrogen-bond donors (Lipinski definition) is 6. The van der Waals surface area contributed by atoms with Gasteiger partial charge in [0.2, 0.25) is 18.1 Å². The van der Waals surface area contributed by atoms with E-state index in [-0.39, 0.29) is 12.5 Å². The van der Waals surface area contributed by atoms with Gasteiger partial charge >= 0.3 is 11.7 Å². The Bertz CT molecular complexity index is 1730. The lowest BCUT2D eigenvalue weighted by Gasteiger charge is -2.35. The zero-order chi connectivity index (χ0) is 43.6. The molecular formula is C42H65N5O13. The average molecular weight is 848 g/mol. The van der Waals surface area contributed by atoms with Crippen LogP contribution in [-0.4, -0.2) is 106 Å². The Morgan fingerprint density at radius 3 is 2.30 bits per heavy atom. The maximum absolute atomic E-state index is 13.3. The second-order valence-electron chi connectivity index (χ2n) is 15.8. The van der Waals surface area contributed by atoms with Gasteiger partial charge in [0.15, 0.2) is 24.2 Å². The predicted octanol–water partition coefficient (Wildman–Crippen LogP) is 2.40. The number of unbranched alkanes of at least 4 members (excludes halogenated alkanes) is 11. The van der Waals surface area contributed by atoms with Gasteiger partial charge in [-0.25, -0.2) is 4.79 Å². The first kappa shape index (κ1) is 48.3. The molecule has 0 saturated carbocycles. The summed E-state index contributed by atoms with van der Waals surface area (Å²) in [5.74, 6) is -3.57. The third kappa shape index (κ3) is 14.4. The quantitative estimate of drug-likeness (QED) is 0.0497. The maximum Gasteiger partial charge on any atom is 0.330 e. The number of aliphatic hydroxyl groups excluding tert-OH is 2. The number of allylic oxidation sites excluding steroid dienone is 2. The van der Waals surface area contributed by atoms with Crippen LogP contribution in [0.3, 0.4) is 0 Å². The van der Waals surface area contributed by atoms with Gasteiger partial charge in [0, 0.05) is 31.8 Å². The monoisotopic (exact) mass is 847 g/mol. The number of carbonyl (C=O) groups excluding carboxylic acids is 4. The van der Waals surface area contributed by atoms with Crippen LogP contribution in [-0.2, 0) is 42.9 Å². The van der Waals surface area contributed by atoms with E-state index in [1.165, 1.54) is 45.6 Å². The molecule has 3 aliphatic heterocycles. The minimum Gasteiger partial charge on any atom is -0.456 e. The fourth-order valence-electron chi connectivity index (χ4n) is 7.58. The van der Waals surface area contributed by atoms with Crippen molar-refractivity contribution in [3.8, 4) is 0 Å². The molecule has 4 rings (SSSR count). The van der Waals surface area contributed by atoms with Crippen LogP contribution in [0.2, 0.25) is 0 Å². The topological polar surface area (TPSA) is 260 Å². The van der Waals surface area contributed by atoms with E-state index in [1.807, 2.05) is 6.92 Å². The smallest absolute Gasteiger partial charge is 0.330 e. The second-order valence-corrected chi connectivity index (χ2v) is 15.8. The SMILES string of the molecule is CCCCCCCC/C=C/CCCCCCCC(=O)OC1C(OC)C(C(OC2OC(C(=O)NC3CCCC(C)NC3=O)=CC(O)C2O)C(N)=O)OC1n1ccc(=O)[nH]c1=O. The minimum atomic E-state index is -1.88. The molecule has 2 fully saturated rings. The normalized spacial score (nSPS) is 27.4. The first-order chi connectivity index (χ1) is 28.8. The number of aromatic amines is 1. The van der Waals surface area contributed by atoms with Gasteiger partial charge in [0.05, 0.1) is 0 Å². The van der Waals surface area contributed by atoms with Crippen molar-refractivity contribution < 1.29 is 53.1 Å². The summed E-state index contributed by atoms with van der Waals surface area (Å²) >= 11 is 0. The molecular weight excluding hydrogens is 782 g/mol. The molecule has 2 saturated heterocycles. The maximum atomic E-state index is 13.3. The third-order valence-corrected chi connectivity index (χ3v) is 11.0. The summed E-state index contributed by atoms with van der Waals surface area (Å²) < 4.78 is 30.0. The van der Waals surface area contributed by atoms with E-state index >= 15 is 0 Å². The number of methoxy groups -OCH3 is 1. The molecule has 1 aromatic rings. The lowest BCUT2D eigenvalue weighted by atomic mass is 10.0. The minimum absolute atomic E-state index is 0.0391. The van der Waals surface area contributed by atoms with Gasteiger partial charge in [-0.3, -0.25) is 33.5 Å². The van der Waals surface area contributed by atoms with E-state index in [0.717, 1.165) is 61.4 Å². The summed E-state index contributed by atoms with van der Waals surface area (Å²) in [6.45, 7) is 4.07. The van der Waals surface area contributed by atoms with Crippen LogP contribution in [0.1, 0.15) is 129 Å². The number of esters is 1. The van der Waals surface area contributed by atoms with Gasteiger partial charge in [-0.15, -0.1) is 0 Å². The third-order valence-electron chi connectivity index (χ3n) is 11.0. The first-order valence-electron chi connectivity index (χ1n) is 21.5. The van der Waals surface area contributed by atoms with Crippen molar-refractivity contribution in [1.82, 2.24) is 20.2 Å².